The quantitative estimate of drug-likeness (QED) is 0.493. The number of allylic oxidation sites excluding steroid dienone is 2. The van der Waals surface area contributed by atoms with E-state index in [1.54, 1.807) is 5.01 Å². The molecule has 2 fully saturated rings. The van der Waals surface area contributed by atoms with Gasteiger partial charge < -0.3 is 9.99 Å². The van der Waals surface area contributed by atoms with Crippen molar-refractivity contribution in [2.75, 3.05) is 7.05 Å². The molecule has 2 heterocycles. The number of aromatic nitrogens is 2. The van der Waals surface area contributed by atoms with Gasteiger partial charge in [-0.2, -0.15) is 0 Å². The summed E-state index contributed by atoms with van der Waals surface area (Å²) in [4.78, 5) is 7.96. The van der Waals surface area contributed by atoms with Gasteiger partial charge in [0.15, 0.2) is 0 Å². The monoisotopic (exact) mass is 322 g/mol. The molecule has 0 bridgehead atoms. The highest BCUT2D eigenvalue weighted by Crippen LogP contribution is 2.70. The van der Waals surface area contributed by atoms with E-state index >= 15 is 0 Å². The maximum atomic E-state index is 5.79. The summed E-state index contributed by atoms with van der Waals surface area (Å²) in [5.74, 6) is 7.41. The Morgan fingerprint density at radius 2 is 2.42 bits per heavy atom. The van der Waals surface area contributed by atoms with Gasteiger partial charge in [0.25, 0.3) is 0 Å². The molecule has 4 rings (SSSR count). The van der Waals surface area contributed by atoms with Crippen LogP contribution in [0, 0.1) is 11.3 Å². The van der Waals surface area contributed by atoms with Gasteiger partial charge in [0, 0.05) is 42.2 Å². The lowest BCUT2D eigenvalue weighted by Gasteiger charge is -2.64. The second-order valence-electron chi connectivity index (χ2n) is 7.43. The maximum Gasteiger partial charge on any atom is 0.137 e. The number of hydrogen-bond acceptors (Lipinski definition) is 3. The normalized spacial score (nSPS) is 28.9. The molecule has 0 aromatic carbocycles. The number of aromatic amines is 1. The molecule has 2 aromatic rings. The third-order valence-electron chi connectivity index (χ3n) is 6.47. The first-order valence-electron chi connectivity index (χ1n) is 8.88. The summed E-state index contributed by atoms with van der Waals surface area (Å²) in [7, 11) is 1.82. The minimum Gasteiger partial charge on any atom is -0.346 e. The molecule has 0 radical (unpaired) electrons. The summed E-state index contributed by atoms with van der Waals surface area (Å²) in [6.45, 7) is 6.28. The first kappa shape index (κ1) is 15.5. The lowest BCUT2D eigenvalue weighted by molar-refractivity contribution is -0.105. The van der Waals surface area contributed by atoms with Crippen molar-refractivity contribution in [1.82, 2.24) is 15.0 Å². The molecule has 0 saturated heterocycles. The van der Waals surface area contributed by atoms with Crippen LogP contribution in [0.2, 0.25) is 0 Å². The second-order valence-corrected chi connectivity index (χ2v) is 7.43. The Hall–Kier alpha value is -2.07. The van der Waals surface area contributed by atoms with Crippen molar-refractivity contribution in [3.63, 3.8) is 0 Å². The zero-order valence-electron chi connectivity index (χ0n) is 14.5. The molecular formula is C20H26N4. The molecular weight excluding hydrogens is 296 g/mol. The van der Waals surface area contributed by atoms with Gasteiger partial charge in [-0.3, -0.25) is 0 Å². The number of H-pyrrole nitrogens is 1. The third kappa shape index (κ3) is 2.06. The molecule has 24 heavy (non-hydrogen) atoms. The average Bonchev–Trinajstić information content (AvgIpc) is 2.98. The van der Waals surface area contributed by atoms with Crippen LogP contribution >= 0.6 is 0 Å². The summed E-state index contributed by atoms with van der Waals surface area (Å²) in [6.07, 6.45) is 13.2. The van der Waals surface area contributed by atoms with Crippen LogP contribution in [0.25, 0.3) is 16.6 Å². The van der Waals surface area contributed by atoms with E-state index in [4.69, 9.17) is 5.84 Å². The van der Waals surface area contributed by atoms with E-state index in [0.29, 0.717) is 11.3 Å². The Labute approximate surface area is 143 Å². The first-order valence-corrected chi connectivity index (χ1v) is 8.88. The molecule has 2 saturated carbocycles. The highest BCUT2D eigenvalue weighted by Gasteiger charge is 2.59. The minimum atomic E-state index is 0.556. The molecule has 3 atom stereocenters. The van der Waals surface area contributed by atoms with E-state index in [2.05, 4.69) is 35.7 Å². The zero-order valence-corrected chi connectivity index (χ0v) is 14.5. The van der Waals surface area contributed by atoms with Gasteiger partial charge in [0.05, 0.1) is 0 Å². The van der Waals surface area contributed by atoms with Crippen LogP contribution in [0.4, 0.5) is 0 Å². The van der Waals surface area contributed by atoms with Gasteiger partial charge in [-0.05, 0) is 54.6 Å². The third-order valence-corrected chi connectivity index (χ3v) is 6.47. The molecule has 4 heteroatoms. The van der Waals surface area contributed by atoms with E-state index in [1.807, 2.05) is 25.5 Å². The van der Waals surface area contributed by atoms with Crippen LogP contribution in [0.3, 0.4) is 0 Å². The number of nitrogens with two attached hydrogens (primary N) is 1. The summed E-state index contributed by atoms with van der Waals surface area (Å²) in [6, 6.07) is 2.33. The Balaban J connectivity index is 1.75. The summed E-state index contributed by atoms with van der Waals surface area (Å²) in [5, 5.41) is 2.72. The molecule has 2 aromatic heterocycles. The summed E-state index contributed by atoms with van der Waals surface area (Å²) in [5.41, 5.74) is 4.99. The van der Waals surface area contributed by atoms with Crippen LogP contribution in [0.15, 0.2) is 37.3 Å². The van der Waals surface area contributed by atoms with Crippen molar-refractivity contribution in [2.24, 2.45) is 17.2 Å². The molecule has 4 nitrogen and oxygen atoms in total. The van der Waals surface area contributed by atoms with E-state index in [9.17, 15) is 0 Å². The minimum absolute atomic E-state index is 0.556. The van der Waals surface area contributed by atoms with Crippen LogP contribution in [0.5, 0.6) is 0 Å². The van der Waals surface area contributed by atoms with Crippen LogP contribution < -0.4 is 5.84 Å². The maximum absolute atomic E-state index is 5.79. The molecule has 3 N–H and O–H groups in total. The predicted molar refractivity (Wildman–Crippen MR) is 99.0 cm³/mol. The van der Waals surface area contributed by atoms with E-state index in [0.717, 1.165) is 28.1 Å². The lowest BCUT2D eigenvalue weighted by atomic mass is 9.40. The molecule has 126 valence electrons. The molecule has 0 spiro atoms. The predicted octanol–water partition coefficient (Wildman–Crippen LogP) is 4.19. The van der Waals surface area contributed by atoms with Gasteiger partial charge in [0.2, 0.25) is 0 Å². The average molecular weight is 322 g/mol. The van der Waals surface area contributed by atoms with Gasteiger partial charge in [-0.25, -0.2) is 10.8 Å². The summed E-state index contributed by atoms with van der Waals surface area (Å²) < 4.78 is 0. The first-order chi connectivity index (χ1) is 11.6. The SMILES string of the molecule is C=C/C(=C\N(C)N)c1c[nH]c2ncc(C3CC4CC[C@]43CC)cc12. The fraction of sp³-hybridized carbons (Fsp3) is 0.450. The Bertz CT molecular complexity index is 812. The van der Waals surface area contributed by atoms with Gasteiger partial charge in [-0.15, -0.1) is 0 Å². The van der Waals surface area contributed by atoms with Crippen molar-refractivity contribution < 1.29 is 0 Å². The van der Waals surface area contributed by atoms with Crippen LogP contribution in [-0.4, -0.2) is 22.0 Å². The van der Waals surface area contributed by atoms with Crippen LogP contribution in [0.1, 0.15) is 49.7 Å². The lowest BCUT2D eigenvalue weighted by Crippen LogP contribution is -2.54. The number of pyridine rings is 1. The van der Waals surface area contributed by atoms with E-state index in [-0.39, 0.29) is 0 Å². The fourth-order valence-electron chi connectivity index (χ4n) is 4.97. The number of nitrogens with one attached hydrogen (secondary N) is 1. The second kappa shape index (κ2) is 5.49. The number of rotatable bonds is 5. The molecule has 0 amide bonds. The van der Waals surface area contributed by atoms with Crippen molar-refractivity contribution in [1.29, 1.82) is 0 Å². The fourth-order valence-corrected chi connectivity index (χ4v) is 4.97. The topological polar surface area (TPSA) is 57.9 Å². The number of hydrazine groups is 1. The number of hydrogen-bond donors (Lipinski definition) is 2. The number of fused-ring (bicyclic) bond motifs is 2. The van der Waals surface area contributed by atoms with Gasteiger partial charge >= 0.3 is 0 Å². The van der Waals surface area contributed by atoms with Crippen molar-refractivity contribution >= 4 is 16.6 Å². The largest absolute Gasteiger partial charge is 0.346 e. The van der Waals surface area contributed by atoms with Gasteiger partial charge in [0.1, 0.15) is 5.65 Å². The molecule has 2 aliphatic rings. The zero-order chi connectivity index (χ0) is 16.9. The van der Waals surface area contributed by atoms with Crippen molar-refractivity contribution in [3.05, 3.63) is 48.4 Å². The van der Waals surface area contributed by atoms with Crippen molar-refractivity contribution in [2.45, 2.75) is 38.5 Å². The molecule has 2 aliphatic carbocycles. The van der Waals surface area contributed by atoms with Gasteiger partial charge in [-0.1, -0.05) is 19.6 Å². The Morgan fingerprint density at radius 3 is 3.00 bits per heavy atom. The standard InChI is InChI=1S/C20H26N4/c1-4-13(12-24(3)21)17-11-23-19-16(17)8-14(10-22-19)18-9-15-6-7-20(15,18)5-2/h4,8,10-12,15,18H,1,5-7,9,21H2,2-3H3,(H,22,23)/b13-12+/t15?,18?,20-/m1/s1. The summed E-state index contributed by atoms with van der Waals surface area (Å²) >= 11 is 0. The van der Waals surface area contributed by atoms with E-state index in [1.165, 1.54) is 31.2 Å². The molecule has 0 aliphatic heterocycles. The van der Waals surface area contributed by atoms with Crippen LogP contribution in [-0.2, 0) is 0 Å². The van der Waals surface area contributed by atoms with Crippen molar-refractivity contribution in [3.8, 4) is 0 Å². The highest BCUT2D eigenvalue weighted by atomic mass is 15.4. The number of nitrogens with zero attached hydrogens (tertiary/aromatic N) is 2. The van der Waals surface area contributed by atoms with E-state index < -0.39 is 0 Å². The molecule has 2 unspecified atom stereocenters. The Morgan fingerprint density at radius 1 is 1.58 bits per heavy atom. The smallest absolute Gasteiger partial charge is 0.137 e. The highest BCUT2D eigenvalue weighted by molar-refractivity contribution is 5.93. The Kier molecular flexibility index (Phi) is 3.53.